The van der Waals surface area contributed by atoms with Crippen molar-refractivity contribution in [2.75, 3.05) is 24.7 Å². The van der Waals surface area contributed by atoms with Crippen LogP contribution in [-0.4, -0.2) is 64.0 Å². The van der Waals surface area contributed by atoms with Gasteiger partial charge in [0, 0.05) is 25.1 Å². The second kappa shape index (κ2) is 12.3. The molecule has 0 bridgehead atoms. The number of hydrogen-bond acceptors (Lipinski definition) is 5. The van der Waals surface area contributed by atoms with E-state index in [1.165, 1.54) is 0 Å². The van der Waals surface area contributed by atoms with Crippen molar-refractivity contribution < 1.29 is 24.5 Å². The third-order valence-electron chi connectivity index (χ3n) is 5.20. The molecule has 1 amide bonds. The van der Waals surface area contributed by atoms with E-state index in [0.29, 0.717) is 25.1 Å². The third-order valence-corrected chi connectivity index (χ3v) is 6.25. The number of thioether (sulfide) groups is 1. The summed E-state index contributed by atoms with van der Waals surface area (Å²) in [5.41, 5.74) is 3.29. The summed E-state index contributed by atoms with van der Waals surface area (Å²) in [5, 5.41) is 19.2. The summed E-state index contributed by atoms with van der Waals surface area (Å²) in [4.78, 5) is 24.2. The van der Waals surface area contributed by atoms with Gasteiger partial charge in [-0.15, -0.1) is 0 Å². The van der Waals surface area contributed by atoms with Crippen molar-refractivity contribution in [3.05, 3.63) is 72.3 Å². The van der Waals surface area contributed by atoms with Gasteiger partial charge >= 0.3 is 12.1 Å². The van der Waals surface area contributed by atoms with E-state index in [0.717, 1.165) is 22.4 Å². The van der Waals surface area contributed by atoms with Crippen molar-refractivity contribution in [1.29, 1.82) is 0 Å². The maximum atomic E-state index is 12.0. The molecule has 0 aromatic heterocycles. The van der Waals surface area contributed by atoms with Gasteiger partial charge in [-0.1, -0.05) is 66.7 Å². The molecule has 1 heterocycles. The molecule has 1 saturated heterocycles. The Labute approximate surface area is 192 Å². The Morgan fingerprint density at radius 1 is 1.16 bits per heavy atom. The molecular weight excluding hydrogens is 426 g/mol. The lowest BCUT2D eigenvalue weighted by Gasteiger charge is -2.19. The van der Waals surface area contributed by atoms with Gasteiger partial charge in [0.15, 0.2) is 0 Å². The summed E-state index contributed by atoms with van der Waals surface area (Å²) in [5.74, 6) is 0.675. The lowest BCUT2D eigenvalue weighted by atomic mass is 10.00. The molecule has 0 aliphatic carbocycles. The first-order chi connectivity index (χ1) is 15.5. The highest BCUT2D eigenvalue weighted by Gasteiger charge is 2.30. The number of carbonyl (C=O) groups is 2. The van der Waals surface area contributed by atoms with E-state index >= 15 is 0 Å². The van der Waals surface area contributed by atoms with Crippen LogP contribution >= 0.6 is 11.8 Å². The Kier molecular flexibility index (Phi) is 9.19. The van der Waals surface area contributed by atoms with Gasteiger partial charge in [-0.25, -0.2) is 4.79 Å². The predicted octanol–water partition coefficient (Wildman–Crippen LogP) is 4.23. The normalized spacial score (nSPS) is 17.0. The molecule has 2 aromatic rings. The fourth-order valence-corrected chi connectivity index (χ4v) is 4.42. The molecule has 2 aromatic carbocycles. The molecule has 1 aliphatic heterocycles. The lowest BCUT2D eigenvalue weighted by molar-refractivity contribution is -0.137. The maximum Gasteiger partial charge on any atom is 0.410 e. The minimum Gasteiger partial charge on any atom is -0.481 e. The van der Waals surface area contributed by atoms with Gasteiger partial charge < -0.3 is 14.9 Å². The van der Waals surface area contributed by atoms with E-state index in [1.54, 1.807) is 22.7 Å². The number of carboxylic acids is 1. The van der Waals surface area contributed by atoms with Crippen LogP contribution in [-0.2, 0) is 16.0 Å². The molecule has 1 aliphatic rings. The largest absolute Gasteiger partial charge is 0.481 e. The number of cyclic esters (lactones) is 1. The first kappa shape index (κ1) is 23.9. The summed E-state index contributed by atoms with van der Waals surface area (Å²) in [6, 6.07) is 18.1. The molecule has 7 heteroatoms. The molecule has 32 heavy (non-hydrogen) atoms. The second-order valence-electron chi connectivity index (χ2n) is 7.67. The molecule has 2 N–H and O–H groups in total. The number of rotatable bonds is 12. The van der Waals surface area contributed by atoms with Crippen molar-refractivity contribution in [3.8, 4) is 11.1 Å². The van der Waals surface area contributed by atoms with Crippen LogP contribution in [0.25, 0.3) is 11.1 Å². The molecule has 0 spiro atoms. The standard InChI is InChI=1S/C25H29NO5S/c27-23(17-19-6-4-9-21(16-19)20-7-2-1-3-8-20)12-11-22-18-31-25(30)26(22)13-15-32-14-5-10-24(28)29/h1-4,6-9,11-12,16,22-23,27H,5,10,13-15,17-18H2,(H,28,29)/t22-,23+/m0/s1. The van der Waals surface area contributed by atoms with Gasteiger partial charge in [0.1, 0.15) is 6.61 Å². The molecule has 170 valence electrons. The second-order valence-corrected chi connectivity index (χ2v) is 8.89. The fraction of sp³-hybridized carbons (Fsp3) is 0.360. The molecule has 2 atom stereocenters. The number of nitrogens with zero attached hydrogens (tertiary/aromatic N) is 1. The number of ether oxygens (including phenoxy) is 1. The Bertz CT molecular complexity index is 918. The van der Waals surface area contributed by atoms with E-state index in [9.17, 15) is 14.7 Å². The number of carboxylic acid groups (broad SMARTS) is 1. The van der Waals surface area contributed by atoms with Crippen molar-refractivity contribution >= 4 is 23.8 Å². The smallest absolute Gasteiger partial charge is 0.410 e. The van der Waals surface area contributed by atoms with Crippen LogP contribution in [0.5, 0.6) is 0 Å². The average Bonchev–Trinajstić information content (AvgIpc) is 3.14. The van der Waals surface area contributed by atoms with E-state index < -0.39 is 12.1 Å². The van der Waals surface area contributed by atoms with Gasteiger partial charge in [0.05, 0.1) is 12.1 Å². The number of aliphatic carboxylic acids is 1. The van der Waals surface area contributed by atoms with Crippen LogP contribution in [0.3, 0.4) is 0 Å². The Hall–Kier alpha value is -2.77. The number of amides is 1. The number of aliphatic hydroxyl groups excluding tert-OH is 1. The zero-order valence-corrected chi connectivity index (χ0v) is 18.7. The first-order valence-corrected chi connectivity index (χ1v) is 11.9. The van der Waals surface area contributed by atoms with Crippen LogP contribution in [0.2, 0.25) is 0 Å². The van der Waals surface area contributed by atoms with E-state index in [2.05, 4.69) is 24.3 Å². The van der Waals surface area contributed by atoms with Gasteiger partial charge in [0.2, 0.25) is 0 Å². The molecule has 3 rings (SSSR count). The monoisotopic (exact) mass is 455 g/mol. The molecule has 0 unspecified atom stereocenters. The number of benzene rings is 2. The third kappa shape index (κ3) is 7.43. The quantitative estimate of drug-likeness (QED) is 0.368. The summed E-state index contributed by atoms with van der Waals surface area (Å²) < 4.78 is 5.17. The van der Waals surface area contributed by atoms with Crippen LogP contribution in [0.1, 0.15) is 18.4 Å². The maximum absolute atomic E-state index is 12.0. The minimum atomic E-state index is -0.788. The van der Waals surface area contributed by atoms with Crippen molar-refractivity contribution in [3.63, 3.8) is 0 Å². The number of hydrogen-bond donors (Lipinski definition) is 2. The Morgan fingerprint density at radius 2 is 1.94 bits per heavy atom. The zero-order chi connectivity index (χ0) is 22.8. The highest BCUT2D eigenvalue weighted by atomic mass is 32.2. The lowest BCUT2D eigenvalue weighted by Crippen LogP contribution is -2.34. The molecule has 0 radical (unpaired) electrons. The van der Waals surface area contributed by atoms with E-state index in [4.69, 9.17) is 9.84 Å². The van der Waals surface area contributed by atoms with Gasteiger partial charge in [0.25, 0.3) is 0 Å². The summed E-state index contributed by atoms with van der Waals surface area (Å²) >= 11 is 1.63. The molecule has 0 saturated carbocycles. The van der Waals surface area contributed by atoms with E-state index in [-0.39, 0.29) is 25.2 Å². The molecular formula is C25H29NO5S. The highest BCUT2D eigenvalue weighted by molar-refractivity contribution is 7.99. The van der Waals surface area contributed by atoms with Gasteiger partial charge in [-0.05, 0) is 28.9 Å². The summed E-state index contributed by atoms with van der Waals surface area (Å²) in [6.45, 7) is 0.802. The number of aliphatic hydroxyl groups is 1. The number of carbonyl (C=O) groups excluding carboxylic acids is 1. The van der Waals surface area contributed by atoms with Crippen LogP contribution in [0, 0.1) is 0 Å². The zero-order valence-electron chi connectivity index (χ0n) is 17.9. The topological polar surface area (TPSA) is 87.1 Å². The molecule has 6 nitrogen and oxygen atoms in total. The Morgan fingerprint density at radius 3 is 2.72 bits per heavy atom. The highest BCUT2D eigenvalue weighted by Crippen LogP contribution is 2.21. The Balaban J connectivity index is 1.49. The average molecular weight is 456 g/mol. The molecule has 1 fully saturated rings. The van der Waals surface area contributed by atoms with Crippen LogP contribution in [0.15, 0.2) is 66.7 Å². The van der Waals surface area contributed by atoms with Crippen LogP contribution < -0.4 is 0 Å². The summed E-state index contributed by atoms with van der Waals surface area (Å²) in [6.07, 6.45) is 3.82. The van der Waals surface area contributed by atoms with Crippen LogP contribution in [0.4, 0.5) is 4.79 Å². The van der Waals surface area contributed by atoms with Crippen molar-refractivity contribution in [1.82, 2.24) is 4.90 Å². The van der Waals surface area contributed by atoms with E-state index in [1.807, 2.05) is 36.4 Å². The fourth-order valence-electron chi connectivity index (χ4n) is 3.55. The summed E-state index contributed by atoms with van der Waals surface area (Å²) in [7, 11) is 0. The van der Waals surface area contributed by atoms with Gasteiger partial charge in [-0.2, -0.15) is 11.8 Å². The van der Waals surface area contributed by atoms with Crippen molar-refractivity contribution in [2.45, 2.75) is 31.4 Å². The van der Waals surface area contributed by atoms with Gasteiger partial charge in [-0.3, -0.25) is 9.69 Å². The first-order valence-electron chi connectivity index (χ1n) is 10.8. The minimum absolute atomic E-state index is 0.163. The SMILES string of the molecule is O=C(O)CCCSCCN1C(=O)OC[C@@H]1C=C[C@@H](O)Cc1cccc(-c2ccccc2)c1. The van der Waals surface area contributed by atoms with Crippen molar-refractivity contribution in [2.24, 2.45) is 0 Å². The predicted molar refractivity (Wildman–Crippen MR) is 127 cm³/mol.